The van der Waals surface area contributed by atoms with Gasteiger partial charge in [-0.2, -0.15) is 0 Å². The Morgan fingerprint density at radius 3 is 2.10 bits per heavy atom. The number of amides is 2. The summed E-state index contributed by atoms with van der Waals surface area (Å²) in [6.45, 7) is 12.3. The largest absolute Gasteiger partial charge is 0.467 e. The van der Waals surface area contributed by atoms with Crippen LogP contribution < -0.4 is 0 Å². The number of imide groups is 1. The van der Waals surface area contributed by atoms with Crippen molar-refractivity contribution in [3.63, 3.8) is 0 Å². The molecule has 0 fully saturated rings. The van der Waals surface area contributed by atoms with Crippen LogP contribution in [-0.2, 0) is 36.6 Å². The zero-order valence-corrected chi connectivity index (χ0v) is 24.6. The summed E-state index contributed by atoms with van der Waals surface area (Å²) in [5, 5.41) is 0.590. The third-order valence-corrected chi connectivity index (χ3v) is 6.84. The van der Waals surface area contributed by atoms with Crippen LogP contribution in [0.5, 0.6) is 0 Å². The Kier molecular flexibility index (Phi) is 8.38. The molecule has 4 rings (SSSR count). The first-order chi connectivity index (χ1) is 19.7. The number of esters is 2. The number of nitrogens with zero attached hydrogens (tertiary/aromatic N) is 2. The highest BCUT2D eigenvalue weighted by Crippen LogP contribution is 2.31. The molecule has 1 aliphatic rings. The van der Waals surface area contributed by atoms with E-state index < -0.39 is 47.6 Å². The van der Waals surface area contributed by atoms with Crippen LogP contribution in [0.15, 0.2) is 60.8 Å². The summed E-state index contributed by atoms with van der Waals surface area (Å²) in [7, 11) is 1.18. The normalized spacial score (nSPS) is 14.4. The number of aromatic nitrogens is 1. The van der Waals surface area contributed by atoms with Crippen LogP contribution in [0.1, 0.15) is 66.5 Å². The van der Waals surface area contributed by atoms with Crippen LogP contribution in [0.3, 0.4) is 0 Å². The lowest BCUT2D eigenvalue weighted by molar-refractivity contribution is -0.145. The average Bonchev–Trinajstić information content (AvgIpc) is 3.39. The lowest BCUT2D eigenvalue weighted by Gasteiger charge is -2.24. The number of methoxy groups -OCH3 is 1. The number of hydrogen-bond donors (Lipinski definition) is 0. The molecule has 2 amide bonds. The molecule has 0 unspecified atom stereocenters. The van der Waals surface area contributed by atoms with Gasteiger partial charge in [-0.05, 0) is 68.7 Å². The third-order valence-electron chi connectivity index (χ3n) is 6.84. The molecule has 1 aliphatic heterocycles. The molecule has 2 atom stereocenters. The average molecular weight is 575 g/mol. The summed E-state index contributed by atoms with van der Waals surface area (Å²) in [4.78, 5) is 65.4. The molecule has 0 aliphatic carbocycles. The van der Waals surface area contributed by atoms with E-state index in [4.69, 9.17) is 14.2 Å². The fourth-order valence-electron chi connectivity index (χ4n) is 4.94. The smallest absolute Gasteiger partial charge is 0.419 e. The molecule has 1 aromatic heterocycles. The van der Waals surface area contributed by atoms with Crippen molar-refractivity contribution in [1.29, 1.82) is 0 Å². The Labute approximate surface area is 243 Å². The first-order valence-corrected chi connectivity index (χ1v) is 13.5. The summed E-state index contributed by atoms with van der Waals surface area (Å²) in [5.41, 5.74) is 2.06. The molecular weight excluding hydrogens is 540 g/mol. The van der Waals surface area contributed by atoms with Gasteiger partial charge in [-0.25, -0.2) is 9.59 Å². The Morgan fingerprint density at radius 2 is 1.57 bits per heavy atom. The minimum atomic E-state index is -1.30. The SMILES string of the molecule is C=C(C)[C@@H](Cc1ccc2c(c1)c(C[C@@H](C(=O)OC)N1C(=O)c3ccccc3C1=O)cn2C(=O)OC(C)(C)C)OC(C)=O. The van der Waals surface area contributed by atoms with Gasteiger partial charge in [0.05, 0.1) is 23.8 Å². The molecule has 3 aromatic rings. The molecule has 0 saturated heterocycles. The molecule has 0 radical (unpaired) electrons. The predicted molar refractivity (Wildman–Crippen MR) is 154 cm³/mol. The predicted octanol–water partition coefficient (Wildman–Crippen LogP) is 4.86. The molecule has 0 N–H and O–H groups in total. The third kappa shape index (κ3) is 6.12. The van der Waals surface area contributed by atoms with Gasteiger partial charge in [0, 0.05) is 31.3 Å². The first-order valence-electron chi connectivity index (χ1n) is 13.5. The van der Waals surface area contributed by atoms with Gasteiger partial charge >= 0.3 is 18.0 Å². The second-order valence-corrected chi connectivity index (χ2v) is 11.3. The molecule has 10 heteroatoms. The van der Waals surface area contributed by atoms with Crippen molar-refractivity contribution in [2.24, 2.45) is 0 Å². The maximum Gasteiger partial charge on any atom is 0.419 e. The van der Waals surface area contributed by atoms with Crippen LogP contribution in [0, 0.1) is 0 Å². The highest BCUT2D eigenvalue weighted by Gasteiger charge is 2.43. The van der Waals surface area contributed by atoms with E-state index in [0.717, 1.165) is 10.5 Å². The van der Waals surface area contributed by atoms with E-state index in [1.54, 1.807) is 58.2 Å². The number of fused-ring (bicyclic) bond motifs is 2. The maximum absolute atomic E-state index is 13.3. The lowest BCUT2D eigenvalue weighted by atomic mass is 9.98. The van der Waals surface area contributed by atoms with E-state index in [2.05, 4.69) is 6.58 Å². The Bertz CT molecular complexity index is 1580. The maximum atomic E-state index is 13.3. The summed E-state index contributed by atoms with van der Waals surface area (Å²) in [6.07, 6.45) is 0.528. The van der Waals surface area contributed by atoms with Crippen LogP contribution in [0.25, 0.3) is 10.9 Å². The van der Waals surface area contributed by atoms with E-state index in [-0.39, 0.29) is 17.5 Å². The molecular formula is C32H34N2O8. The quantitative estimate of drug-likeness (QED) is 0.162. The minimum absolute atomic E-state index is 0.123. The number of carbonyl (C=O) groups excluding carboxylic acids is 5. The number of rotatable bonds is 8. The van der Waals surface area contributed by atoms with Gasteiger partial charge in [0.15, 0.2) is 0 Å². The second-order valence-electron chi connectivity index (χ2n) is 11.3. The minimum Gasteiger partial charge on any atom is -0.467 e. The Balaban J connectivity index is 1.81. The standard InChI is InChI=1S/C32H34N2O8/c1-18(2)27(41-19(3)35)15-20-12-13-25-24(14-20)21(17-33(25)31(39)42-32(4,5)6)16-26(30(38)40-7)34-28(36)22-10-8-9-11-23(22)29(34)37/h8-14,17,26-27H,1,15-16H2,2-7H3/t26-,27+/m0/s1. The van der Waals surface area contributed by atoms with Crippen molar-refractivity contribution in [3.8, 4) is 0 Å². The van der Waals surface area contributed by atoms with Crippen molar-refractivity contribution in [3.05, 3.63) is 83.1 Å². The number of ether oxygens (including phenoxy) is 3. The van der Waals surface area contributed by atoms with Gasteiger partial charge in [-0.1, -0.05) is 24.8 Å². The first kappa shape index (κ1) is 30.2. The highest BCUT2D eigenvalue weighted by molar-refractivity contribution is 6.22. The fraction of sp³-hybridized carbons (Fsp3) is 0.344. The molecule has 2 aromatic carbocycles. The zero-order valence-electron chi connectivity index (χ0n) is 24.6. The summed E-state index contributed by atoms with van der Waals surface area (Å²) >= 11 is 0. The summed E-state index contributed by atoms with van der Waals surface area (Å²) in [6, 6.07) is 10.4. The number of hydrogen-bond acceptors (Lipinski definition) is 8. The van der Waals surface area contributed by atoms with Gasteiger partial charge in [-0.15, -0.1) is 0 Å². The van der Waals surface area contributed by atoms with Crippen LogP contribution in [-0.4, -0.2) is 64.2 Å². The van der Waals surface area contributed by atoms with Crippen molar-refractivity contribution in [2.45, 2.75) is 65.2 Å². The van der Waals surface area contributed by atoms with Crippen molar-refractivity contribution in [1.82, 2.24) is 9.47 Å². The summed E-state index contributed by atoms with van der Waals surface area (Å²) in [5.74, 6) is -2.43. The highest BCUT2D eigenvalue weighted by atomic mass is 16.6. The molecule has 2 heterocycles. The van der Waals surface area contributed by atoms with E-state index in [0.29, 0.717) is 28.5 Å². The topological polar surface area (TPSA) is 121 Å². The Hall–Kier alpha value is -4.73. The van der Waals surface area contributed by atoms with E-state index in [9.17, 15) is 24.0 Å². The van der Waals surface area contributed by atoms with Crippen LogP contribution in [0.2, 0.25) is 0 Å². The van der Waals surface area contributed by atoms with Crippen LogP contribution in [0.4, 0.5) is 4.79 Å². The molecule has 0 spiro atoms. The molecule has 10 nitrogen and oxygen atoms in total. The second kappa shape index (κ2) is 11.6. The fourth-order valence-corrected chi connectivity index (χ4v) is 4.94. The molecule has 220 valence electrons. The van der Waals surface area contributed by atoms with Gasteiger partial charge < -0.3 is 14.2 Å². The lowest BCUT2D eigenvalue weighted by Crippen LogP contribution is -2.46. The van der Waals surface area contributed by atoms with Gasteiger partial charge in [0.25, 0.3) is 11.8 Å². The molecule has 0 saturated carbocycles. The Morgan fingerprint density at radius 1 is 0.952 bits per heavy atom. The summed E-state index contributed by atoms with van der Waals surface area (Å²) < 4.78 is 17.4. The van der Waals surface area contributed by atoms with E-state index >= 15 is 0 Å². The number of carbonyl (C=O) groups is 5. The molecule has 0 bridgehead atoms. The zero-order chi connectivity index (χ0) is 30.9. The van der Waals surface area contributed by atoms with Crippen LogP contribution >= 0.6 is 0 Å². The van der Waals surface area contributed by atoms with Gasteiger partial charge in [-0.3, -0.25) is 23.9 Å². The van der Waals surface area contributed by atoms with Gasteiger partial charge in [0.1, 0.15) is 17.7 Å². The van der Waals surface area contributed by atoms with E-state index in [1.165, 1.54) is 30.7 Å². The van der Waals surface area contributed by atoms with Crippen molar-refractivity contribution in [2.75, 3.05) is 7.11 Å². The molecule has 42 heavy (non-hydrogen) atoms. The van der Waals surface area contributed by atoms with E-state index in [1.807, 2.05) is 6.07 Å². The monoisotopic (exact) mass is 574 g/mol. The van der Waals surface area contributed by atoms with Crippen molar-refractivity contribution >= 4 is 40.7 Å². The number of benzene rings is 2. The van der Waals surface area contributed by atoms with Gasteiger partial charge in [0.2, 0.25) is 0 Å². The van der Waals surface area contributed by atoms with Crippen molar-refractivity contribution < 1.29 is 38.2 Å².